The molecule has 0 radical (unpaired) electrons. The summed E-state index contributed by atoms with van der Waals surface area (Å²) in [5.41, 5.74) is 2.05. The molecule has 1 aliphatic heterocycles. The third kappa shape index (κ3) is 4.20. The van der Waals surface area contributed by atoms with Crippen LogP contribution in [0.2, 0.25) is 0 Å². The highest BCUT2D eigenvalue weighted by atomic mass is 19.1. The summed E-state index contributed by atoms with van der Waals surface area (Å²) in [4.78, 5) is 18.0. The Labute approximate surface area is 177 Å². The van der Waals surface area contributed by atoms with Crippen LogP contribution in [0.15, 0.2) is 16.9 Å². The molecule has 0 spiro atoms. The van der Waals surface area contributed by atoms with E-state index in [1.54, 1.807) is 20.1 Å². The first kappa shape index (κ1) is 21.5. The van der Waals surface area contributed by atoms with Crippen molar-refractivity contribution in [1.29, 1.82) is 0 Å². The van der Waals surface area contributed by atoms with Gasteiger partial charge in [0, 0.05) is 31.8 Å². The molecule has 1 saturated carbocycles. The van der Waals surface area contributed by atoms with Crippen LogP contribution in [0.25, 0.3) is 11.0 Å². The largest absolute Gasteiger partial charge is 0.382 e. The van der Waals surface area contributed by atoms with Gasteiger partial charge in [-0.05, 0) is 70.1 Å². The topological polar surface area (TPSA) is 59.5 Å². The van der Waals surface area contributed by atoms with Gasteiger partial charge < -0.3 is 14.5 Å². The van der Waals surface area contributed by atoms with Crippen molar-refractivity contribution in [2.45, 2.75) is 70.1 Å². The second kappa shape index (κ2) is 8.81. The number of aromatic amines is 1. The molecular formula is C23H34FN3O3. The average molecular weight is 420 g/mol. The van der Waals surface area contributed by atoms with Gasteiger partial charge in [-0.1, -0.05) is 0 Å². The highest BCUT2D eigenvalue weighted by Crippen LogP contribution is 2.38. The second-order valence-electron chi connectivity index (χ2n) is 9.20. The van der Waals surface area contributed by atoms with Crippen LogP contribution in [0, 0.1) is 12.7 Å². The van der Waals surface area contributed by atoms with E-state index in [9.17, 15) is 9.18 Å². The third-order valence-corrected chi connectivity index (χ3v) is 7.24. The molecule has 2 aromatic rings. The number of piperidine rings is 1. The SMILES string of the molecule is COCCOC1CCC(C)(N2CCC(n3c(=O)[nH]c4cc(F)c(C)cc43)CC2)CC1. The molecule has 1 aliphatic carbocycles. The first-order chi connectivity index (χ1) is 14.4. The fourth-order valence-corrected chi connectivity index (χ4v) is 5.27. The molecule has 2 fully saturated rings. The van der Waals surface area contributed by atoms with Crippen molar-refractivity contribution in [3.63, 3.8) is 0 Å². The van der Waals surface area contributed by atoms with Gasteiger partial charge in [-0.25, -0.2) is 9.18 Å². The van der Waals surface area contributed by atoms with E-state index in [0.717, 1.165) is 57.1 Å². The lowest BCUT2D eigenvalue weighted by Crippen LogP contribution is -2.53. The van der Waals surface area contributed by atoms with Crippen LogP contribution in [0.4, 0.5) is 4.39 Å². The summed E-state index contributed by atoms with van der Waals surface area (Å²) in [6, 6.07) is 3.39. The van der Waals surface area contributed by atoms with Crippen molar-refractivity contribution >= 4 is 11.0 Å². The van der Waals surface area contributed by atoms with Gasteiger partial charge in [0.25, 0.3) is 0 Å². The minimum absolute atomic E-state index is 0.131. The quantitative estimate of drug-likeness (QED) is 0.724. The highest BCUT2D eigenvalue weighted by Gasteiger charge is 2.38. The summed E-state index contributed by atoms with van der Waals surface area (Å²) >= 11 is 0. The molecule has 4 rings (SSSR count). The minimum Gasteiger partial charge on any atom is -0.382 e. The summed E-state index contributed by atoms with van der Waals surface area (Å²) in [5.74, 6) is -0.277. The molecule has 166 valence electrons. The smallest absolute Gasteiger partial charge is 0.326 e. The molecule has 1 saturated heterocycles. The molecule has 1 aromatic carbocycles. The molecule has 0 atom stereocenters. The predicted molar refractivity (Wildman–Crippen MR) is 116 cm³/mol. The van der Waals surface area contributed by atoms with Crippen molar-refractivity contribution in [3.8, 4) is 0 Å². The van der Waals surface area contributed by atoms with Crippen molar-refractivity contribution in [2.24, 2.45) is 0 Å². The Balaban J connectivity index is 1.39. The maximum Gasteiger partial charge on any atom is 0.326 e. The number of hydrogen-bond acceptors (Lipinski definition) is 4. The highest BCUT2D eigenvalue weighted by molar-refractivity contribution is 5.76. The van der Waals surface area contributed by atoms with Crippen molar-refractivity contribution in [3.05, 3.63) is 34.0 Å². The van der Waals surface area contributed by atoms with E-state index in [1.807, 2.05) is 4.57 Å². The molecule has 2 heterocycles. The molecule has 6 nitrogen and oxygen atoms in total. The van der Waals surface area contributed by atoms with Crippen LogP contribution in [-0.2, 0) is 9.47 Å². The Kier molecular flexibility index (Phi) is 6.32. The van der Waals surface area contributed by atoms with Gasteiger partial charge in [0.05, 0.1) is 30.4 Å². The Morgan fingerprint density at radius 1 is 1.17 bits per heavy atom. The summed E-state index contributed by atoms with van der Waals surface area (Å²) < 4.78 is 26.8. The minimum atomic E-state index is -0.277. The number of hydrogen-bond donors (Lipinski definition) is 1. The lowest BCUT2D eigenvalue weighted by atomic mass is 9.79. The van der Waals surface area contributed by atoms with Crippen LogP contribution < -0.4 is 5.69 Å². The van der Waals surface area contributed by atoms with Gasteiger partial charge in [-0.3, -0.25) is 9.47 Å². The van der Waals surface area contributed by atoms with E-state index in [2.05, 4.69) is 16.8 Å². The molecule has 7 heteroatoms. The maximum atomic E-state index is 13.9. The Morgan fingerprint density at radius 2 is 1.87 bits per heavy atom. The fraction of sp³-hybridized carbons (Fsp3) is 0.696. The van der Waals surface area contributed by atoms with E-state index in [-0.39, 0.29) is 23.1 Å². The fourth-order valence-electron chi connectivity index (χ4n) is 5.27. The van der Waals surface area contributed by atoms with Crippen molar-refractivity contribution < 1.29 is 13.9 Å². The molecule has 0 bridgehead atoms. The van der Waals surface area contributed by atoms with Crippen LogP contribution in [-0.4, -0.2) is 59.5 Å². The molecule has 0 unspecified atom stereocenters. The number of likely N-dealkylation sites (tertiary alicyclic amines) is 1. The number of methoxy groups -OCH3 is 1. The molecule has 1 N–H and O–H groups in total. The zero-order valence-corrected chi connectivity index (χ0v) is 18.4. The number of ether oxygens (including phenoxy) is 2. The Hall–Kier alpha value is -1.70. The van der Waals surface area contributed by atoms with Gasteiger partial charge in [-0.2, -0.15) is 0 Å². The van der Waals surface area contributed by atoms with E-state index < -0.39 is 0 Å². The first-order valence-corrected chi connectivity index (χ1v) is 11.2. The monoisotopic (exact) mass is 419 g/mol. The third-order valence-electron chi connectivity index (χ3n) is 7.24. The number of fused-ring (bicyclic) bond motifs is 1. The van der Waals surface area contributed by atoms with Crippen LogP contribution in [0.5, 0.6) is 0 Å². The lowest BCUT2D eigenvalue weighted by Gasteiger charge is -2.48. The van der Waals surface area contributed by atoms with Gasteiger partial charge in [0.15, 0.2) is 0 Å². The lowest BCUT2D eigenvalue weighted by molar-refractivity contribution is -0.0419. The predicted octanol–water partition coefficient (Wildman–Crippen LogP) is 3.78. The molecule has 1 aromatic heterocycles. The number of imidazole rings is 1. The number of aryl methyl sites for hydroxylation is 1. The molecular weight excluding hydrogens is 385 g/mol. The number of aromatic nitrogens is 2. The average Bonchev–Trinajstić information content (AvgIpc) is 3.05. The van der Waals surface area contributed by atoms with E-state index in [1.165, 1.54) is 6.07 Å². The number of nitrogens with zero attached hydrogens (tertiary/aromatic N) is 2. The van der Waals surface area contributed by atoms with Crippen molar-refractivity contribution in [2.75, 3.05) is 33.4 Å². The van der Waals surface area contributed by atoms with Gasteiger partial charge in [0.2, 0.25) is 0 Å². The summed E-state index contributed by atoms with van der Waals surface area (Å²) in [6.45, 7) is 7.41. The molecule has 2 aliphatic rings. The number of rotatable bonds is 6. The summed E-state index contributed by atoms with van der Waals surface area (Å²) in [5, 5.41) is 0. The Bertz CT molecular complexity index is 922. The summed E-state index contributed by atoms with van der Waals surface area (Å²) in [6.07, 6.45) is 6.68. The van der Waals surface area contributed by atoms with Crippen LogP contribution >= 0.6 is 0 Å². The zero-order chi connectivity index (χ0) is 21.3. The summed E-state index contributed by atoms with van der Waals surface area (Å²) in [7, 11) is 1.70. The zero-order valence-electron chi connectivity index (χ0n) is 18.4. The molecule has 30 heavy (non-hydrogen) atoms. The van der Waals surface area contributed by atoms with Gasteiger partial charge in [0.1, 0.15) is 5.82 Å². The standard InChI is InChI=1S/C23H34FN3O3/c1-16-14-21-20(15-19(16)24)25-22(28)27(21)17-6-10-26(11-7-17)23(2)8-4-18(5-9-23)30-13-12-29-3/h14-15,17-18H,4-13H2,1-3H3,(H,25,28). The van der Waals surface area contributed by atoms with E-state index in [0.29, 0.717) is 30.4 Å². The van der Waals surface area contributed by atoms with E-state index >= 15 is 0 Å². The van der Waals surface area contributed by atoms with Crippen LogP contribution in [0.3, 0.4) is 0 Å². The number of halogens is 1. The number of H-pyrrole nitrogens is 1. The van der Waals surface area contributed by atoms with E-state index in [4.69, 9.17) is 9.47 Å². The van der Waals surface area contributed by atoms with Gasteiger partial charge >= 0.3 is 5.69 Å². The molecule has 0 amide bonds. The van der Waals surface area contributed by atoms with Gasteiger partial charge in [-0.15, -0.1) is 0 Å². The first-order valence-electron chi connectivity index (χ1n) is 11.2. The van der Waals surface area contributed by atoms with Crippen LogP contribution in [0.1, 0.15) is 57.1 Å². The number of nitrogens with one attached hydrogen (secondary N) is 1. The Morgan fingerprint density at radius 3 is 2.53 bits per heavy atom. The number of benzene rings is 1. The maximum absolute atomic E-state index is 13.9. The normalized spacial score (nSPS) is 26.5. The van der Waals surface area contributed by atoms with Crippen molar-refractivity contribution in [1.82, 2.24) is 14.5 Å². The second-order valence-corrected chi connectivity index (χ2v) is 9.20.